The zero-order chi connectivity index (χ0) is 19.7. The molecule has 1 aliphatic rings. The van der Waals surface area contributed by atoms with Gasteiger partial charge in [-0.25, -0.2) is 8.42 Å². The second-order valence-corrected chi connectivity index (χ2v) is 8.94. The summed E-state index contributed by atoms with van der Waals surface area (Å²) >= 11 is 5.92. The lowest BCUT2D eigenvalue weighted by atomic mass is 10.1. The molecule has 4 rings (SSSR count). The molecule has 8 heteroatoms. The highest BCUT2D eigenvalue weighted by Crippen LogP contribution is 2.23. The van der Waals surface area contributed by atoms with E-state index in [0.717, 1.165) is 10.8 Å². The molecule has 0 saturated carbocycles. The third kappa shape index (κ3) is 3.61. The van der Waals surface area contributed by atoms with Gasteiger partial charge >= 0.3 is 0 Å². The van der Waals surface area contributed by atoms with E-state index in [9.17, 15) is 13.2 Å². The number of nitrogens with zero attached hydrogens (tertiary/aromatic N) is 3. The highest BCUT2D eigenvalue weighted by molar-refractivity contribution is 7.89. The van der Waals surface area contributed by atoms with Gasteiger partial charge < -0.3 is 4.90 Å². The van der Waals surface area contributed by atoms with Gasteiger partial charge in [0.05, 0.1) is 4.90 Å². The molecule has 1 aliphatic heterocycles. The molecule has 1 saturated heterocycles. The van der Waals surface area contributed by atoms with Crippen LogP contribution in [0.1, 0.15) is 10.5 Å². The number of aromatic nitrogens is 1. The SMILES string of the molecule is O=C(c1cc(Cl)ccn1)N1CCN(S(=O)(=O)c2ccc3ccccc3c2)CC1. The van der Waals surface area contributed by atoms with Crippen LogP contribution in [0.15, 0.2) is 65.7 Å². The lowest BCUT2D eigenvalue weighted by Crippen LogP contribution is -2.50. The third-order valence-corrected chi connectivity index (χ3v) is 6.96. The topological polar surface area (TPSA) is 70.6 Å². The fraction of sp³-hybridized carbons (Fsp3) is 0.200. The molecular formula is C20H18ClN3O3S. The first kappa shape index (κ1) is 18.9. The molecule has 3 aromatic rings. The van der Waals surface area contributed by atoms with Gasteiger partial charge in [-0.3, -0.25) is 9.78 Å². The van der Waals surface area contributed by atoms with Crippen molar-refractivity contribution in [3.8, 4) is 0 Å². The van der Waals surface area contributed by atoms with Crippen LogP contribution in [0, 0.1) is 0 Å². The maximum Gasteiger partial charge on any atom is 0.272 e. The predicted octanol–water partition coefficient (Wildman–Crippen LogP) is 3.03. The summed E-state index contributed by atoms with van der Waals surface area (Å²) in [6, 6.07) is 15.9. The molecule has 0 radical (unpaired) electrons. The van der Waals surface area contributed by atoms with Crippen LogP contribution in [0.2, 0.25) is 5.02 Å². The molecule has 144 valence electrons. The van der Waals surface area contributed by atoms with E-state index in [4.69, 9.17) is 11.6 Å². The van der Waals surface area contributed by atoms with Crippen LogP contribution in [0.25, 0.3) is 10.8 Å². The van der Waals surface area contributed by atoms with E-state index < -0.39 is 10.0 Å². The van der Waals surface area contributed by atoms with Gasteiger partial charge in [-0.15, -0.1) is 0 Å². The normalized spacial score (nSPS) is 15.7. The van der Waals surface area contributed by atoms with Crippen molar-refractivity contribution in [2.45, 2.75) is 4.90 Å². The van der Waals surface area contributed by atoms with Crippen molar-refractivity contribution in [3.63, 3.8) is 0 Å². The van der Waals surface area contributed by atoms with Crippen LogP contribution < -0.4 is 0 Å². The van der Waals surface area contributed by atoms with E-state index in [-0.39, 0.29) is 29.6 Å². The highest BCUT2D eigenvalue weighted by Gasteiger charge is 2.30. The molecule has 2 heterocycles. The quantitative estimate of drug-likeness (QED) is 0.659. The molecule has 0 bridgehead atoms. The molecule has 28 heavy (non-hydrogen) atoms. The number of fused-ring (bicyclic) bond motifs is 1. The Labute approximate surface area is 168 Å². The average molecular weight is 416 g/mol. The number of hydrogen-bond acceptors (Lipinski definition) is 4. The van der Waals surface area contributed by atoms with Crippen molar-refractivity contribution in [1.82, 2.24) is 14.2 Å². The maximum atomic E-state index is 13.0. The Kier molecular flexibility index (Phi) is 5.05. The van der Waals surface area contributed by atoms with Crippen molar-refractivity contribution in [3.05, 3.63) is 71.5 Å². The minimum absolute atomic E-state index is 0.238. The standard InChI is InChI=1S/C20H18ClN3O3S/c21-17-7-8-22-19(14-17)20(25)23-9-11-24(12-10-23)28(26,27)18-6-5-15-3-1-2-4-16(15)13-18/h1-8,13-14H,9-12H2. The largest absolute Gasteiger partial charge is 0.335 e. The summed E-state index contributed by atoms with van der Waals surface area (Å²) in [6.07, 6.45) is 1.48. The van der Waals surface area contributed by atoms with Crippen LogP contribution in [-0.4, -0.2) is 54.7 Å². The molecule has 0 aliphatic carbocycles. The molecule has 2 aromatic carbocycles. The van der Waals surface area contributed by atoms with Crippen LogP contribution in [0.4, 0.5) is 0 Å². The Morgan fingerprint density at radius 1 is 0.929 bits per heavy atom. The van der Waals surface area contributed by atoms with Crippen molar-refractivity contribution in [2.24, 2.45) is 0 Å². The molecular weight excluding hydrogens is 398 g/mol. The number of piperazine rings is 1. The number of amides is 1. The van der Waals surface area contributed by atoms with Crippen LogP contribution >= 0.6 is 11.6 Å². The first-order valence-electron chi connectivity index (χ1n) is 8.85. The highest BCUT2D eigenvalue weighted by atomic mass is 35.5. The number of rotatable bonds is 3. The van der Waals surface area contributed by atoms with Gasteiger partial charge in [0.15, 0.2) is 0 Å². The number of halogens is 1. The van der Waals surface area contributed by atoms with Gasteiger partial charge in [0.1, 0.15) is 5.69 Å². The van der Waals surface area contributed by atoms with Gasteiger partial charge in [0.25, 0.3) is 5.91 Å². The van der Waals surface area contributed by atoms with Gasteiger partial charge in [-0.1, -0.05) is 41.9 Å². The third-order valence-electron chi connectivity index (χ3n) is 4.83. The fourth-order valence-corrected chi connectivity index (χ4v) is 4.91. The predicted molar refractivity (Wildman–Crippen MR) is 108 cm³/mol. The van der Waals surface area contributed by atoms with Crippen molar-refractivity contribution in [1.29, 1.82) is 0 Å². The van der Waals surface area contributed by atoms with Crippen LogP contribution in [0.3, 0.4) is 0 Å². The number of carbonyl (C=O) groups excluding carboxylic acids is 1. The van der Waals surface area contributed by atoms with Crippen molar-refractivity contribution in [2.75, 3.05) is 26.2 Å². The van der Waals surface area contributed by atoms with Gasteiger partial charge in [0, 0.05) is 37.4 Å². The summed E-state index contributed by atoms with van der Waals surface area (Å²) in [5.41, 5.74) is 0.262. The van der Waals surface area contributed by atoms with E-state index in [1.807, 2.05) is 30.3 Å². The molecule has 1 aromatic heterocycles. The number of benzene rings is 2. The molecule has 0 spiro atoms. The summed E-state index contributed by atoms with van der Waals surface area (Å²) in [5, 5.41) is 2.31. The summed E-state index contributed by atoms with van der Waals surface area (Å²) in [7, 11) is -3.62. The zero-order valence-electron chi connectivity index (χ0n) is 15.0. The minimum Gasteiger partial charge on any atom is -0.335 e. The molecule has 6 nitrogen and oxygen atoms in total. The summed E-state index contributed by atoms with van der Waals surface area (Å²) in [4.78, 5) is 18.5. The Morgan fingerprint density at radius 2 is 1.64 bits per heavy atom. The van der Waals surface area contributed by atoms with E-state index in [2.05, 4.69) is 4.98 Å². The lowest BCUT2D eigenvalue weighted by Gasteiger charge is -2.33. The summed E-state index contributed by atoms with van der Waals surface area (Å²) in [5.74, 6) is -0.245. The number of hydrogen-bond donors (Lipinski definition) is 0. The Hall–Kier alpha value is -2.48. The van der Waals surface area contributed by atoms with Gasteiger partial charge in [-0.05, 0) is 35.0 Å². The van der Waals surface area contributed by atoms with Crippen LogP contribution in [-0.2, 0) is 10.0 Å². The number of carbonyl (C=O) groups is 1. The van der Waals surface area contributed by atoms with Crippen molar-refractivity contribution >= 4 is 38.3 Å². The number of sulfonamides is 1. The van der Waals surface area contributed by atoms with Gasteiger partial charge in [0.2, 0.25) is 10.0 Å². The maximum absolute atomic E-state index is 13.0. The monoisotopic (exact) mass is 415 g/mol. The Morgan fingerprint density at radius 3 is 2.36 bits per heavy atom. The second-order valence-electron chi connectivity index (χ2n) is 6.56. The van der Waals surface area contributed by atoms with E-state index in [1.54, 1.807) is 23.1 Å². The fourth-order valence-electron chi connectivity index (χ4n) is 3.29. The van der Waals surface area contributed by atoms with E-state index in [1.165, 1.54) is 16.6 Å². The van der Waals surface area contributed by atoms with Crippen molar-refractivity contribution < 1.29 is 13.2 Å². The second kappa shape index (κ2) is 7.50. The number of pyridine rings is 1. The zero-order valence-corrected chi connectivity index (χ0v) is 16.5. The molecule has 0 atom stereocenters. The first-order chi connectivity index (χ1) is 13.4. The Bertz CT molecular complexity index is 1140. The Balaban J connectivity index is 1.49. The molecule has 0 unspecified atom stereocenters. The van der Waals surface area contributed by atoms with Gasteiger partial charge in [-0.2, -0.15) is 4.31 Å². The van der Waals surface area contributed by atoms with E-state index in [0.29, 0.717) is 18.1 Å². The van der Waals surface area contributed by atoms with Crippen LogP contribution in [0.5, 0.6) is 0 Å². The lowest BCUT2D eigenvalue weighted by molar-refractivity contribution is 0.0692. The summed E-state index contributed by atoms with van der Waals surface area (Å²) < 4.78 is 27.5. The first-order valence-corrected chi connectivity index (χ1v) is 10.7. The minimum atomic E-state index is -3.62. The average Bonchev–Trinajstić information content (AvgIpc) is 2.73. The molecule has 1 fully saturated rings. The molecule has 1 amide bonds. The molecule has 0 N–H and O–H groups in total. The summed E-state index contributed by atoms with van der Waals surface area (Å²) in [6.45, 7) is 1.09. The smallest absolute Gasteiger partial charge is 0.272 e. The van der Waals surface area contributed by atoms with E-state index >= 15 is 0 Å².